The third-order valence-corrected chi connectivity index (χ3v) is 7.01. The molecule has 206 valence electrons. The fourth-order valence-corrected chi connectivity index (χ4v) is 4.58. The van der Waals surface area contributed by atoms with E-state index < -0.39 is 17.5 Å². The highest BCUT2D eigenvalue weighted by Crippen LogP contribution is 2.38. The van der Waals surface area contributed by atoms with Crippen LogP contribution in [-0.2, 0) is 36.3 Å². The molecule has 0 bridgehead atoms. The molecule has 0 unspecified atom stereocenters. The summed E-state index contributed by atoms with van der Waals surface area (Å²) >= 11 is 0. The second-order valence-electron chi connectivity index (χ2n) is 10.8. The van der Waals surface area contributed by atoms with Crippen molar-refractivity contribution in [2.24, 2.45) is 18.4 Å². The number of halogens is 1. The zero-order valence-electron chi connectivity index (χ0n) is 22.9. The summed E-state index contributed by atoms with van der Waals surface area (Å²) < 4.78 is 14.1. The van der Waals surface area contributed by atoms with Crippen LogP contribution in [-0.4, -0.2) is 48.6 Å². The van der Waals surface area contributed by atoms with Gasteiger partial charge in [0.2, 0.25) is 0 Å². The van der Waals surface area contributed by atoms with Gasteiger partial charge in [-0.25, -0.2) is 0 Å². The van der Waals surface area contributed by atoms with E-state index >= 15 is 0 Å². The lowest BCUT2D eigenvalue weighted by atomic mass is 9.81. The lowest BCUT2D eigenvalue weighted by Gasteiger charge is -2.31. The first-order valence-electron chi connectivity index (χ1n) is 12.7. The van der Waals surface area contributed by atoms with Gasteiger partial charge in [-0.2, -0.15) is 0 Å². The van der Waals surface area contributed by atoms with Crippen molar-refractivity contribution in [3.05, 3.63) is 70.8 Å². The summed E-state index contributed by atoms with van der Waals surface area (Å²) in [6, 6.07) is 9.98. The van der Waals surface area contributed by atoms with Crippen LogP contribution in [0.25, 0.3) is 0 Å². The summed E-state index contributed by atoms with van der Waals surface area (Å²) in [5.74, 6) is 0.261. The van der Waals surface area contributed by atoms with Gasteiger partial charge in [-0.15, -0.1) is 17.5 Å². The summed E-state index contributed by atoms with van der Waals surface area (Å²) in [6.45, 7) is 12.1. The molecule has 9 nitrogen and oxygen atoms in total. The van der Waals surface area contributed by atoms with Crippen LogP contribution < -0.4 is 4.74 Å². The molecule has 0 saturated carbocycles. The van der Waals surface area contributed by atoms with Gasteiger partial charge in [0, 0.05) is 32.9 Å². The molecule has 1 aliphatic rings. The highest BCUT2D eigenvalue weighted by Gasteiger charge is 2.39. The Kier molecular flexibility index (Phi) is 9.51. The number of fused-ring (bicyclic) bond motifs is 1. The number of aromatic nitrogens is 4. The van der Waals surface area contributed by atoms with Crippen LogP contribution >= 0.6 is 12.4 Å². The van der Waals surface area contributed by atoms with Gasteiger partial charge in [0.05, 0.1) is 30.0 Å². The van der Waals surface area contributed by atoms with E-state index in [0.717, 1.165) is 34.7 Å². The van der Waals surface area contributed by atoms with Crippen molar-refractivity contribution in [1.29, 1.82) is 0 Å². The molecule has 0 radical (unpaired) electrons. The Bertz CT molecular complexity index is 1250. The third kappa shape index (κ3) is 6.70. The smallest absolute Gasteiger partial charge is 0.312 e. The molecule has 38 heavy (non-hydrogen) atoms. The summed E-state index contributed by atoms with van der Waals surface area (Å²) in [4.78, 5) is 19.2. The van der Waals surface area contributed by atoms with E-state index in [1.54, 1.807) is 38.0 Å². The lowest BCUT2D eigenvalue weighted by molar-refractivity contribution is -0.158. The second-order valence-corrected chi connectivity index (χ2v) is 10.8. The summed E-state index contributed by atoms with van der Waals surface area (Å²) in [6.07, 6.45) is 2.94. The zero-order valence-corrected chi connectivity index (χ0v) is 23.7. The molecule has 1 N–H and O–H groups in total. The molecular weight excluding hydrogens is 506 g/mol. The topological polar surface area (TPSA) is 103 Å². The molecule has 0 aliphatic carbocycles. The van der Waals surface area contributed by atoms with Gasteiger partial charge in [0.15, 0.2) is 0 Å². The van der Waals surface area contributed by atoms with Crippen LogP contribution in [0.15, 0.2) is 42.7 Å². The molecule has 3 aromatic rings. The third-order valence-electron chi connectivity index (χ3n) is 7.01. The van der Waals surface area contributed by atoms with Crippen LogP contribution in [0.3, 0.4) is 0 Å². The van der Waals surface area contributed by atoms with Crippen LogP contribution in [0.2, 0.25) is 0 Å². The number of hydrogen-bond donors (Lipinski definition) is 1. The summed E-state index contributed by atoms with van der Waals surface area (Å²) in [5.41, 5.74) is 3.50. The summed E-state index contributed by atoms with van der Waals surface area (Å²) in [5, 5.41) is 18.1. The molecule has 2 aromatic heterocycles. The SMILES string of the molecule is Cc1ccc([C@@H](OCc2cn(C)nn2)C(C)(C)C(=O)O)cc1CN1Cc2ncccc2O[C@H](C(C)C)C1.Cl. The monoisotopic (exact) mass is 543 g/mol. The number of aliphatic carboxylic acids is 1. The minimum absolute atomic E-state index is 0. The van der Waals surface area contributed by atoms with E-state index in [1.807, 2.05) is 24.3 Å². The molecule has 1 aromatic carbocycles. The van der Waals surface area contributed by atoms with Crippen molar-refractivity contribution in [3.8, 4) is 5.75 Å². The quantitative estimate of drug-likeness (QED) is 0.413. The van der Waals surface area contributed by atoms with Crippen molar-refractivity contribution in [2.45, 2.75) is 66.5 Å². The number of carboxylic acid groups (broad SMARTS) is 1. The van der Waals surface area contributed by atoms with Crippen molar-refractivity contribution in [3.63, 3.8) is 0 Å². The van der Waals surface area contributed by atoms with E-state index in [1.165, 1.54) is 0 Å². The summed E-state index contributed by atoms with van der Waals surface area (Å²) in [7, 11) is 1.78. The zero-order chi connectivity index (χ0) is 26.7. The molecule has 4 rings (SSSR count). The van der Waals surface area contributed by atoms with Crippen LogP contribution in [0.1, 0.15) is 61.9 Å². The second kappa shape index (κ2) is 12.2. The fourth-order valence-electron chi connectivity index (χ4n) is 4.58. The molecule has 0 fully saturated rings. The molecule has 2 atom stereocenters. The standard InChI is InChI=1S/C28H37N5O4.ClH/c1-18(2)25-16-33(15-23-24(37-25)8-7-11-29-23)13-21-12-20(10-9-19(21)3)26(28(4,5)27(34)35)36-17-22-14-32(6)31-30-22;/h7-12,14,18,25-26H,13,15-17H2,1-6H3,(H,34,35);1H/t25-,26+;/m0./s1. The predicted octanol–water partition coefficient (Wildman–Crippen LogP) is 4.73. The molecule has 1 aliphatic heterocycles. The van der Waals surface area contributed by atoms with Crippen molar-refractivity contribution >= 4 is 18.4 Å². The minimum atomic E-state index is -1.16. The predicted molar refractivity (Wildman–Crippen MR) is 146 cm³/mol. The van der Waals surface area contributed by atoms with Gasteiger partial charge >= 0.3 is 5.97 Å². The Hall–Kier alpha value is -3.01. The van der Waals surface area contributed by atoms with Crippen LogP contribution in [0.4, 0.5) is 0 Å². The number of carboxylic acids is 1. The van der Waals surface area contributed by atoms with Crippen molar-refractivity contribution < 1.29 is 19.4 Å². The maximum atomic E-state index is 12.2. The Balaban J connectivity index is 0.00000400. The maximum absolute atomic E-state index is 12.2. The maximum Gasteiger partial charge on any atom is 0.312 e. The van der Waals surface area contributed by atoms with E-state index in [0.29, 0.717) is 24.7 Å². The van der Waals surface area contributed by atoms with Crippen LogP contribution in [0.5, 0.6) is 5.75 Å². The van der Waals surface area contributed by atoms with E-state index in [2.05, 4.69) is 47.0 Å². The molecule has 10 heteroatoms. The number of hydrogen-bond acceptors (Lipinski definition) is 7. The highest BCUT2D eigenvalue weighted by atomic mass is 35.5. The number of nitrogens with zero attached hydrogens (tertiary/aromatic N) is 5. The first kappa shape index (κ1) is 29.5. The van der Waals surface area contributed by atoms with Gasteiger partial charge in [0.25, 0.3) is 0 Å². The molecular formula is C28H38ClN5O4. The molecule has 0 saturated heterocycles. The van der Waals surface area contributed by atoms with Crippen LogP contribution in [0, 0.1) is 18.3 Å². The molecule has 0 spiro atoms. The van der Waals surface area contributed by atoms with Crippen molar-refractivity contribution in [1.82, 2.24) is 24.9 Å². The van der Waals surface area contributed by atoms with Crippen molar-refractivity contribution in [2.75, 3.05) is 6.54 Å². The first-order chi connectivity index (χ1) is 17.5. The van der Waals surface area contributed by atoms with Gasteiger partial charge in [-0.05, 0) is 55.5 Å². The number of rotatable bonds is 9. The highest BCUT2D eigenvalue weighted by molar-refractivity contribution is 5.85. The Labute approximate surface area is 230 Å². The largest absolute Gasteiger partial charge is 0.487 e. The Morgan fingerprint density at radius 2 is 2.05 bits per heavy atom. The van der Waals surface area contributed by atoms with Gasteiger partial charge in [0.1, 0.15) is 17.5 Å². The number of carbonyl (C=O) groups is 1. The van der Waals surface area contributed by atoms with E-state index in [4.69, 9.17) is 9.47 Å². The van der Waals surface area contributed by atoms with Gasteiger partial charge in [-0.1, -0.05) is 37.3 Å². The Morgan fingerprint density at radius 3 is 2.71 bits per heavy atom. The van der Waals surface area contributed by atoms with Gasteiger partial charge < -0.3 is 14.6 Å². The Morgan fingerprint density at radius 1 is 1.29 bits per heavy atom. The average Bonchev–Trinajstić information content (AvgIpc) is 3.16. The first-order valence-corrected chi connectivity index (χ1v) is 12.7. The minimum Gasteiger partial charge on any atom is -0.487 e. The lowest BCUT2D eigenvalue weighted by Crippen LogP contribution is -2.36. The van der Waals surface area contributed by atoms with E-state index in [9.17, 15) is 9.90 Å². The number of ether oxygens (including phenoxy) is 2. The number of pyridine rings is 1. The van der Waals surface area contributed by atoms with E-state index in [-0.39, 0.29) is 25.1 Å². The number of aryl methyl sites for hydroxylation is 2. The molecule has 3 heterocycles. The fraction of sp³-hybridized carbons (Fsp3) is 0.500. The normalized spacial score (nSPS) is 16.8. The number of benzene rings is 1. The van der Waals surface area contributed by atoms with Gasteiger partial charge in [-0.3, -0.25) is 19.4 Å². The average molecular weight is 544 g/mol. The molecule has 0 amide bonds.